The molecule has 0 bridgehead atoms. The summed E-state index contributed by atoms with van der Waals surface area (Å²) < 4.78 is 11.1. The predicted octanol–water partition coefficient (Wildman–Crippen LogP) is 1.45. The number of β-amino-alcohol motifs (C(OH)–C–C–N with tert-alkyl or cyclic N) is 1. The summed E-state index contributed by atoms with van der Waals surface area (Å²) in [4.78, 5) is 2.33. The maximum absolute atomic E-state index is 10.2. The lowest BCUT2D eigenvalue weighted by Crippen LogP contribution is -2.41. The third kappa shape index (κ3) is 5.01. The number of nitrogens with zero attached hydrogens (tertiary/aromatic N) is 2. The van der Waals surface area contributed by atoms with Crippen molar-refractivity contribution in [2.75, 3.05) is 39.5 Å². The van der Waals surface area contributed by atoms with Crippen LogP contribution in [0.15, 0.2) is 6.07 Å². The summed E-state index contributed by atoms with van der Waals surface area (Å²) in [6.07, 6.45) is 4.32. The van der Waals surface area contributed by atoms with Gasteiger partial charge in [-0.2, -0.15) is 5.10 Å². The normalized spacial score (nSPS) is 27.4. The lowest BCUT2D eigenvalue weighted by molar-refractivity contribution is -0.0269. The van der Waals surface area contributed by atoms with Gasteiger partial charge in [-0.25, -0.2) is 0 Å². The van der Waals surface area contributed by atoms with E-state index < -0.39 is 6.10 Å². The van der Waals surface area contributed by atoms with Crippen LogP contribution >= 0.6 is 0 Å². The van der Waals surface area contributed by atoms with E-state index in [2.05, 4.69) is 21.2 Å². The molecule has 23 heavy (non-hydrogen) atoms. The second-order valence-electron chi connectivity index (χ2n) is 6.90. The highest BCUT2D eigenvalue weighted by Crippen LogP contribution is 2.25. The van der Waals surface area contributed by atoms with Crippen LogP contribution in [0.3, 0.4) is 0 Å². The van der Waals surface area contributed by atoms with Crippen molar-refractivity contribution < 1.29 is 14.6 Å². The molecular weight excluding hydrogens is 294 g/mol. The van der Waals surface area contributed by atoms with Crippen LogP contribution in [0.1, 0.15) is 43.0 Å². The Hall–Kier alpha value is -0.950. The van der Waals surface area contributed by atoms with Crippen LogP contribution in [0.5, 0.6) is 0 Å². The van der Waals surface area contributed by atoms with E-state index in [4.69, 9.17) is 9.47 Å². The number of nitrogens with one attached hydrogen (secondary N) is 1. The third-order valence-corrected chi connectivity index (χ3v) is 4.76. The molecule has 1 aromatic heterocycles. The second-order valence-corrected chi connectivity index (χ2v) is 6.90. The number of ether oxygens (including phenoxy) is 2. The van der Waals surface area contributed by atoms with Gasteiger partial charge in [0.05, 0.1) is 31.1 Å². The fraction of sp³-hybridized carbons (Fsp3) is 0.824. The van der Waals surface area contributed by atoms with E-state index in [0.29, 0.717) is 25.7 Å². The molecule has 130 valence electrons. The van der Waals surface area contributed by atoms with Gasteiger partial charge in [0, 0.05) is 31.3 Å². The minimum atomic E-state index is -0.434. The maximum Gasteiger partial charge on any atom is 0.0900 e. The fourth-order valence-corrected chi connectivity index (χ4v) is 3.57. The zero-order valence-electron chi connectivity index (χ0n) is 14.0. The molecule has 3 unspecified atom stereocenters. The van der Waals surface area contributed by atoms with Gasteiger partial charge in [-0.3, -0.25) is 5.10 Å². The van der Waals surface area contributed by atoms with Gasteiger partial charge >= 0.3 is 0 Å². The SMILES string of the molecule is Cc1cc(C2CCCN(CC(O)COCC3CCCO3)C2)n[nH]1. The number of aliphatic hydroxyl groups excluding tert-OH is 1. The van der Waals surface area contributed by atoms with Crippen molar-refractivity contribution in [1.82, 2.24) is 15.1 Å². The van der Waals surface area contributed by atoms with E-state index in [0.717, 1.165) is 50.3 Å². The molecule has 2 saturated heterocycles. The van der Waals surface area contributed by atoms with Crippen LogP contribution < -0.4 is 0 Å². The molecule has 2 aliphatic heterocycles. The van der Waals surface area contributed by atoms with Crippen molar-refractivity contribution in [2.24, 2.45) is 0 Å². The van der Waals surface area contributed by atoms with Crippen LogP contribution in [0.4, 0.5) is 0 Å². The average molecular weight is 323 g/mol. The Balaban J connectivity index is 1.38. The molecule has 2 N–H and O–H groups in total. The number of aliphatic hydroxyl groups is 1. The van der Waals surface area contributed by atoms with Crippen molar-refractivity contribution in [2.45, 2.75) is 50.7 Å². The van der Waals surface area contributed by atoms with Crippen molar-refractivity contribution >= 4 is 0 Å². The smallest absolute Gasteiger partial charge is 0.0900 e. The first-order chi connectivity index (χ1) is 11.2. The highest BCUT2D eigenvalue weighted by atomic mass is 16.5. The Morgan fingerprint density at radius 2 is 2.39 bits per heavy atom. The molecule has 0 radical (unpaired) electrons. The Morgan fingerprint density at radius 3 is 3.13 bits per heavy atom. The van der Waals surface area contributed by atoms with Crippen molar-refractivity contribution in [1.29, 1.82) is 0 Å². The van der Waals surface area contributed by atoms with Gasteiger partial charge in [0.2, 0.25) is 0 Å². The minimum Gasteiger partial charge on any atom is -0.389 e. The van der Waals surface area contributed by atoms with E-state index in [1.165, 1.54) is 6.42 Å². The summed E-state index contributed by atoms with van der Waals surface area (Å²) in [7, 11) is 0. The minimum absolute atomic E-state index is 0.226. The van der Waals surface area contributed by atoms with Crippen LogP contribution in [0.25, 0.3) is 0 Å². The Labute approximate surface area is 138 Å². The van der Waals surface area contributed by atoms with Gasteiger partial charge < -0.3 is 19.5 Å². The number of aromatic nitrogens is 2. The number of likely N-dealkylation sites (tertiary alicyclic amines) is 1. The van der Waals surface area contributed by atoms with E-state index >= 15 is 0 Å². The first-order valence-corrected chi connectivity index (χ1v) is 8.82. The summed E-state index contributed by atoms with van der Waals surface area (Å²) in [6, 6.07) is 2.13. The summed E-state index contributed by atoms with van der Waals surface area (Å²) in [5.41, 5.74) is 2.26. The predicted molar refractivity (Wildman–Crippen MR) is 87.5 cm³/mol. The van der Waals surface area contributed by atoms with E-state index in [1.807, 2.05) is 6.92 Å². The van der Waals surface area contributed by atoms with Crippen LogP contribution in [-0.4, -0.2) is 71.9 Å². The first-order valence-electron chi connectivity index (χ1n) is 8.82. The molecule has 0 aliphatic carbocycles. The standard InChI is InChI=1S/C17H29N3O3/c1-13-8-17(19-18-13)14-4-2-6-20(9-14)10-15(21)11-22-12-16-5-3-7-23-16/h8,14-16,21H,2-7,9-12H2,1H3,(H,18,19). The molecule has 1 aromatic rings. The fourth-order valence-electron chi connectivity index (χ4n) is 3.57. The monoisotopic (exact) mass is 323 g/mol. The number of rotatable bonds is 7. The highest BCUT2D eigenvalue weighted by Gasteiger charge is 2.24. The van der Waals surface area contributed by atoms with E-state index in [1.54, 1.807) is 0 Å². The van der Waals surface area contributed by atoms with Gasteiger partial charge in [0.1, 0.15) is 0 Å². The Morgan fingerprint density at radius 1 is 1.48 bits per heavy atom. The second kappa shape index (κ2) is 8.24. The number of aryl methyl sites for hydroxylation is 1. The number of aromatic amines is 1. The number of hydrogen-bond acceptors (Lipinski definition) is 5. The van der Waals surface area contributed by atoms with E-state index in [9.17, 15) is 5.11 Å². The molecule has 6 nitrogen and oxygen atoms in total. The van der Waals surface area contributed by atoms with Gasteiger partial charge in [0.25, 0.3) is 0 Å². The lowest BCUT2D eigenvalue weighted by Gasteiger charge is -2.33. The molecule has 3 rings (SSSR count). The third-order valence-electron chi connectivity index (χ3n) is 4.76. The zero-order valence-corrected chi connectivity index (χ0v) is 14.0. The van der Waals surface area contributed by atoms with Crippen molar-refractivity contribution in [3.63, 3.8) is 0 Å². The molecule has 2 fully saturated rings. The maximum atomic E-state index is 10.2. The van der Waals surface area contributed by atoms with Gasteiger partial charge in [0.15, 0.2) is 0 Å². The van der Waals surface area contributed by atoms with Crippen molar-refractivity contribution in [3.8, 4) is 0 Å². The quantitative estimate of drug-likeness (QED) is 0.795. The molecule has 0 amide bonds. The molecule has 0 spiro atoms. The zero-order chi connectivity index (χ0) is 16.1. The molecule has 3 atom stereocenters. The van der Waals surface area contributed by atoms with Crippen LogP contribution in [0, 0.1) is 6.92 Å². The number of hydrogen-bond donors (Lipinski definition) is 2. The van der Waals surface area contributed by atoms with Gasteiger partial charge in [-0.1, -0.05) is 0 Å². The Kier molecular flexibility index (Phi) is 6.05. The van der Waals surface area contributed by atoms with Crippen LogP contribution in [-0.2, 0) is 9.47 Å². The van der Waals surface area contributed by atoms with Crippen molar-refractivity contribution in [3.05, 3.63) is 17.5 Å². The van der Waals surface area contributed by atoms with Gasteiger partial charge in [-0.15, -0.1) is 0 Å². The molecule has 2 aliphatic rings. The first kappa shape index (κ1) is 16.9. The molecule has 0 aromatic carbocycles. The largest absolute Gasteiger partial charge is 0.389 e. The summed E-state index contributed by atoms with van der Waals surface area (Å²) >= 11 is 0. The summed E-state index contributed by atoms with van der Waals surface area (Å²) in [5.74, 6) is 0.466. The van der Waals surface area contributed by atoms with Crippen LogP contribution in [0.2, 0.25) is 0 Å². The molecule has 3 heterocycles. The Bertz CT molecular complexity index is 473. The molecule has 6 heteroatoms. The summed E-state index contributed by atoms with van der Waals surface area (Å²) in [5, 5.41) is 17.6. The highest BCUT2D eigenvalue weighted by molar-refractivity contribution is 5.13. The molecular formula is C17H29N3O3. The average Bonchev–Trinajstić information content (AvgIpc) is 3.19. The lowest BCUT2D eigenvalue weighted by atomic mass is 9.94. The summed E-state index contributed by atoms with van der Waals surface area (Å²) in [6.45, 7) is 6.56. The topological polar surface area (TPSA) is 70.6 Å². The van der Waals surface area contributed by atoms with E-state index in [-0.39, 0.29) is 6.10 Å². The number of H-pyrrole nitrogens is 1. The molecule has 0 saturated carbocycles. The number of piperidine rings is 1. The van der Waals surface area contributed by atoms with Gasteiger partial charge in [-0.05, 0) is 45.2 Å².